The van der Waals surface area contributed by atoms with E-state index in [1.165, 1.54) is 0 Å². The van der Waals surface area contributed by atoms with Crippen molar-refractivity contribution in [1.82, 2.24) is 5.32 Å². The van der Waals surface area contributed by atoms with E-state index in [0.717, 1.165) is 12.2 Å². The van der Waals surface area contributed by atoms with Gasteiger partial charge in [0.2, 0.25) is 0 Å². The molecule has 0 bridgehead atoms. The maximum absolute atomic E-state index is 12.0. The van der Waals surface area contributed by atoms with Gasteiger partial charge in [0.15, 0.2) is 0 Å². The Morgan fingerprint density at radius 3 is 2.35 bits per heavy atom. The first kappa shape index (κ1) is 16.9. The Bertz CT molecular complexity index is 426. The van der Waals surface area contributed by atoms with Gasteiger partial charge in [0.1, 0.15) is 11.9 Å². The minimum atomic E-state index is -0.247. The van der Waals surface area contributed by atoms with Crippen LogP contribution in [0, 0.1) is 0 Å². The van der Waals surface area contributed by atoms with Crippen molar-refractivity contribution in [3.63, 3.8) is 0 Å². The molecule has 1 unspecified atom stereocenters. The molecule has 20 heavy (non-hydrogen) atoms. The lowest BCUT2D eigenvalue weighted by Gasteiger charge is -2.20. The van der Waals surface area contributed by atoms with Crippen molar-refractivity contribution in [2.75, 3.05) is 6.61 Å². The highest BCUT2D eigenvalue weighted by Crippen LogP contribution is 2.16. The molecule has 0 fully saturated rings. The summed E-state index contributed by atoms with van der Waals surface area (Å²) in [6, 6.07) is 7.09. The first-order chi connectivity index (χ1) is 9.35. The topological polar surface area (TPSA) is 47.6 Å². The molecular formula is C15H23NO3S. The van der Waals surface area contributed by atoms with Crippen molar-refractivity contribution in [2.24, 2.45) is 0 Å². The Labute approximate surface area is 126 Å². The third-order valence-corrected chi connectivity index (χ3v) is 2.77. The number of hydrogen-bond donors (Lipinski definition) is 2. The average molecular weight is 297 g/mol. The molecule has 1 aromatic rings. The van der Waals surface area contributed by atoms with Crippen LogP contribution in [0.4, 0.5) is 0 Å². The van der Waals surface area contributed by atoms with E-state index in [0.29, 0.717) is 12.2 Å². The number of amides is 1. The lowest BCUT2D eigenvalue weighted by molar-refractivity contribution is 0.0919. The standard InChI is InChI=1S/C15H23NO3S/c1-5-12(10-18-20)19-13-8-6-11(7-9-13)14(17)16-15(2,3)4/h6-9,12,20H,5,10H2,1-4H3,(H,16,17). The maximum atomic E-state index is 12.0. The highest BCUT2D eigenvalue weighted by Gasteiger charge is 2.15. The number of nitrogens with one attached hydrogen (secondary N) is 1. The van der Waals surface area contributed by atoms with Gasteiger partial charge in [0.25, 0.3) is 5.91 Å². The second-order valence-corrected chi connectivity index (χ2v) is 5.93. The van der Waals surface area contributed by atoms with Gasteiger partial charge in [0.05, 0.1) is 6.61 Å². The summed E-state index contributed by atoms with van der Waals surface area (Å²) in [7, 11) is 0. The molecule has 1 aromatic carbocycles. The average Bonchev–Trinajstić information content (AvgIpc) is 2.37. The molecule has 4 nitrogen and oxygen atoms in total. The van der Waals surface area contributed by atoms with Gasteiger partial charge >= 0.3 is 0 Å². The number of carbonyl (C=O) groups excluding carboxylic acids is 1. The van der Waals surface area contributed by atoms with Crippen LogP contribution in [-0.2, 0) is 4.18 Å². The molecule has 0 heterocycles. The van der Waals surface area contributed by atoms with Crippen LogP contribution in [0.2, 0.25) is 0 Å². The Morgan fingerprint density at radius 2 is 1.90 bits per heavy atom. The van der Waals surface area contributed by atoms with Gasteiger partial charge in [-0.15, -0.1) is 0 Å². The molecule has 1 atom stereocenters. The number of thiol groups is 1. The highest BCUT2D eigenvalue weighted by molar-refractivity contribution is 7.75. The van der Waals surface area contributed by atoms with E-state index >= 15 is 0 Å². The molecule has 0 saturated heterocycles. The Morgan fingerprint density at radius 1 is 1.30 bits per heavy atom. The van der Waals surface area contributed by atoms with Crippen LogP contribution in [0.5, 0.6) is 5.75 Å². The number of hydrogen-bond acceptors (Lipinski definition) is 4. The van der Waals surface area contributed by atoms with Gasteiger partial charge in [-0.3, -0.25) is 4.79 Å². The molecule has 0 aliphatic heterocycles. The maximum Gasteiger partial charge on any atom is 0.251 e. The molecule has 0 aliphatic rings. The molecule has 1 N–H and O–H groups in total. The SMILES string of the molecule is CCC(COS)Oc1ccc(C(=O)NC(C)(C)C)cc1. The van der Waals surface area contributed by atoms with E-state index in [4.69, 9.17) is 8.92 Å². The van der Waals surface area contributed by atoms with Gasteiger partial charge in [-0.05, 0) is 64.4 Å². The summed E-state index contributed by atoms with van der Waals surface area (Å²) >= 11 is 3.73. The van der Waals surface area contributed by atoms with E-state index in [1.54, 1.807) is 24.3 Å². The molecule has 0 radical (unpaired) electrons. The van der Waals surface area contributed by atoms with Crippen molar-refractivity contribution < 1.29 is 13.7 Å². The molecule has 5 heteroatoms. The number of benzene rings is 1. The van der Waals surface area contributed by atoms with Crippen LogP contribution in [0.1, 0.15) is 44.5 Å². The molecule has 0 aromatic heterocycles. The highest BCUT2D eigenvalue weighted by atomic mass is 32.1. The molecule has 1 amide bonds. The summed E-state index contributed by atoms with van der Waals surface area (Å²) < 4.78 is 10.5. The van der Waals surface area contributed by atoms with Crippen LogP contribution < -0.4 is 10.1 Å². The minimum absolute atomic E-state index is 0.0400. The second-order valence-electron chi connectivity index (χ2n) is 5.67. The summed E-state index contributed by atoms with van der Waals surface area (Å²) in [5.74, 6) is 0.629. The summed E-state index contributed by atoms with van der Waals surface area (Å²) in [6.45, 7) is 8.29. The largest absolute Gasteiger partial charge is 0.488 e. The second kappa shape index (κ2) is 7.55. The first-order valence-corrected chi connectivity index (χ1v) is 7.08. The molecule has 1 rings (SSSR count). The fourth-order valence-electron chi connectivity index (χ4n) is 1.61. The van der Waals surface area contributed by atoms with E-state index in [1.807, 2.05) is 27.7 Å². The van der Waals surface area contributed by atoms with Gasteiger partial charge in [-0.1, -0.05) is 6.92 Å². The Balaban J connectivity index is 2.66. The zero-order chi connectivity index (χ0) is 15.2. The van der Waals surface area contributed by atoms with E-state index < -0.39 is 0 Å². The van der Waals surface area contributed by atoms with Crippen LogP contribution >= 0.6 is 12.9 Å². The van der Waals surface area contributed by atoms with E-state index in [9.17, 15) is 4.79 Å². The Kier molecular flexibility index (Phi) is 6.36. The van der Waals surface area contributed by atoms with Crippen LogP contribution in [0.15, 0.2) is 24.3 Å². The lowest BCUT2D eigenvalue weighted by atomic mass is 10.1. The summed E-state index contributed by atoms with van der Waals surface area (Å²) in [4.78, 5) is 12.0. The fraction of sp³-hybridized carbons (Fsp3) is 0.533. The minimum Gasteiger partial charge on any atom is -0.488 e. The molecule has 0 aliphatic carbocycles. The predicted octanol–water partition coefficient (Wildman–Crippen LogP) is 3.23. The summed E-state index contributed by atoms with van der Waals surface area (Å²) in [6.07, 6.45) is 0.786. The zero-order valence-corrected chi connectivity index (χ0v) is 13.4. The van der Waals surface area contributed by atoms with Crippen molar-refractivity contribution in [1.29, 1.82) is 0 Å². The zero-order valence-electron chi connectivity index (χ0n) is 12.5. The molecule has 0 spiro atoms. The fourth-order valence-corrected chi connectivity index (χ4v) is 1.77. The van der Waals surface area contributed by atoms with E-state index in [2.05, 4.69) is 18.2 Å². The van der Waals surface area contributed by atoms with Gasteiger partial charge in [-0.2, -0.15) is 0 Å². The van der Waals surface area contributed by atoms with Crippen LogP contribution in [0.25, 0.3) is 0 Å². The Hall–Kier alpha value is -1.20. The van der Waals surface area contributed by atoms with Crippen molar-refractivity contribution >= 4 is 18.8 Å². The van der Waals surface area contributed by atoms with Crippen molar-refractivity contribution in [2.45, 2.75) is 45.8 Å². The van der Waals surface area contributed by atoms with Gasteiger partial charge in [0, 0.05) is 11.1 Å². The lowest BCUT2D eigenvalue weighted by Crippen LogP contribution is -2.40. The first-order valence-electron chi connectivity index (χ1n) is 6.71. The summed E-state index contributed by atoms with van der Waals surface area (Å²) in [5.41, 5.74) is 0.370. The quantitative estimate of drug-likeness (QED) is 0.626. The third kappa shape index (κ3) is 5.84. The summed E-state index contributed by atoms with van der Waals surface area (Å²) in [5, 5.41) is 2.92. The predicted molar refractivity (Wildman–Crippen MR) is 83.3 cm³/mol. The van der Waals surface area contributed by atoms with Crippen LogP contribution in [0.3, 0.4) is 0 Å². The van der Waals surface area contributed by atoms with Gasteiger partial charge < -0.3 is 14.2 Å². The van der Waals surface area contributed by atoms with E-state index in [-0.39, 0.29) is 17.6 Å². The van der Waals surface area contributed by atoms with Crippen LogP contribution in [-0.4, -0.2) is 24.2 Å². The normalized spacial score (nSPS) is 12.8. The number of rotatable bonds is 6. The van der Waals surface area contributed by atoms with Crippen molar-refractivity contribution in [3.05, 3.63) is 29.8 Å². The number of carbonyl (C=O) groups is 1. The van der Waals surface area contributed by atoms with Gasteiger partial charge in [-0.25, -0.2) is 0 Å². The molecule has 0 saturated carbocycles. The molecule has 112 valence electrons. The third-order valence-electron chi connectivity index (χ3n) is 2.62. The van der Waals surface area contributed by atoms with Crippen molar-refractivity contribution in [3.8, 4) is 5.75 Å². The monoisotopic (exact) mass is 297 g/mol. The smallest absolute Gasteiger partial charge is 0.251 e. The molecular weight excluding hydrogens is 274 g/mol. The number of ether oxygens (including phenoxy) is 1.